The van der Waals surface area contributed by atoms with Crippen LogP contribution in [0.1, 0.15) is 30.5 Å². The second kappa shape index (κ2) is 12.8. The molecule has 5 rings (SSSR count). The van der Waals surface area contributed by atoms with E-state index in [-0.39, 0.29) is 0 Å². The smallest absolute Gasteiger partial charge is 0.0543 e. The number of para-hydroxylation sites is 1. The highest BCUT2D eigenvalue weighted by atomic mass is 14.9. The zero-order valence-corrected chi connectivity index (χ0v) is 23.6. The lowest BCUT2D eigenvalue weighted by atomic mass is 9.92. The summed E-state index contributed by atoms with van der Waals surface area (Å²) in [4.78, 5) is 0. The highest BCUT2D eigenvalue weighted by molar-refractivity contribution is 6.10. The van der Waals surface area contributed by atoms with Gasteiger partial charge in [0.2, 0.25) is 0 Å². The van der Waals surface area contributed by atoms with E-state index in [2.05, 4.69) is 128 Å². The Labute approximate surface area is 243 Å². The monoisotopic (exact) mass is 530 g/mol. The summed E-state index contributed by atoms with van der Waals surface area (Å²) >= 11 is 0. The topological polar surface area (TPSA) is 35.9 Å². The zero-order valence-electron chi connectivity index (χ0n) is 23.6. The molecular weight excluding hydrogens is 496 g/mol. The number of nitrogens with one attached hydrogen (secondary N) is 2. The third kappa shape index (κ3) is 6.03. The van der Waals surface area contributed by atoms with Crippen LogP contribution in [0.5, 0.6) is 0 Å². The Morgan fingerprint density at radius 1 is 0.683 bits per heavy atom. The zero-order chi connectivity index (χ0) is 28.6. The van der Waals surface area contributed by atoms with Crippen molar-refractivity contribution in [1.29, 1.82) is 5.41 Å². The minimum atomic E-state index is 0.899. The Hall–Kier alpha value is -5.21. The van der Waals surface area contributed by atoms with Crippen molar-refractivity contribution < 1.29 is 0 Å². The average Bonchev–Trinajstić information content (AvgIpc) is 3.03. The fraction of sp³-hybridized carbons (Fsp3) is 0.0513. The van der Waals surface area contributed by atoms with Crippen molar-refractivity contribution in [3.63, 3.8) is 0 Å². The molecule has 0 fully saturated rings. The number of allylic oxidation sites excluding steroid dienone is 7. The first kappa shape index (κ1) is 27.4. The first-order valence-corrected chi connectivity index (χ1v) is 13.9. The summed E-state index contributed by atoms with van der Waals surface area (Å²) in [5.41, 5.74) is 10.6. The van der Waals surface area contributed by atoms with Gasteiger partial charge in [-0.05, 0) is 76.4 Å². The van der Waals surface area contributed by atoms with E-state index in [0.29, 0.717) is 0 Å². The van der Waals surface area contributed by atoms with Gasteiger partial charge >= 0.3 is 0 Å². The molecule has 2 nitrogen and oxygen atoms in total. The second-order valence-corrected chi connectivity index (χ2v) is 9.82. The Morgan fingerprint density at radius 3 is 2.07 bits per heavy atom. The van der Waals surface area contributed by atoms with Crippen molar-refractivity contribution in [2.75, 3.05) is 5.32 Å². The molecule has 0 amide bonds. The number of fused-ring (bicyclic) bond motifs is 1. The van der Waals surface area contributed by atoms with Crippen LogP contribution in [0.25, 0.3) is 38.6 Å². The van der Waals surface area contributed by atoms with Crippen molar-refractivity contribution in [1.82, 2.24) is 0 Å². The van der Waals surface area contributed by atoms with E-state index in [1.807, 2.05) is 37.3 Å². The first-order valence-electron chi connectivity index (χ1n) is 13.9. The van der Waals surface area contributed by atoms with Gasteiger partial charge in [0.1, 0.15) is 0 Å². The van der Waals surface area contributed by atoms with Crippen LogP contribution >= 0.6 is 0 Å². The van der Waals surface area contributed by atoms with Gasteiger partial charge in [-0.2, -0.15) is 0 Å². The molecule has 5 aromatic carbocycles. The minimum Gasteiger partial charge on any atom is -0.355 e. The van der Waals surface area contributed by atoms with Gasteiger partial charge in [-0.1, -0.05) is 128 Å². The van der Waals surface area contributed by atoms with E-state index < -0.39 is 0 Å². The maximum absolute atomic E-state index is 7.78. The molecule has 0 aliphatic carbocycles. The lowest BCUT2D eigenvalue weighted by Gasteiger charge is -2.17. The van der Waals surface area contributed by atoms with Gasteiger partial charge in [0.15, 0.2) is 0 Å². The Balaban J connectivity index is 1.55. The molecule has 0 saturated carbocycles. The Bertz CT molecular complexity index is 1790. The van der Waals surface area contributed by atoms with Crippen molar-refractivity contribution >= 4 is 45.1 Å². The molecule has 0 unspecified atom stereocenters. The summed E-state index contributed by atoms with van der Waals surface area (Å²) < 4.78 is 0. The maximum atomic E-state index is 7.78. The molecule has 2 heteroatoms. The molecule has 0 heterocycles. The Kier molecular flexibility index (Phi) is 8.52. The fourth-order valence-corrected chi connectivity index (χ4v) is 5.14. The van der Waals surface area contributed by atoms with Crippen LogP contribution in [0.2, 0.25) is 0 Å². The quantitative estimate of drug-likeness (QED) is 0.144. The van der Waals surface area contributed by atoms with Gasteiger partial charge in [-0.25, -0.2) is 0 Å². The van der Waals surface area contributed by atoms with Gasteiger partial charge in [-0.3, -0.25) is 0 Å². The SMILES string of the molecule is C=C(/C=C\C(=C/C)c1ccccc1-c1ccccc1)c1ccc2cc(/C(C=N)=C/C)ccc2c1Nc1ccccc1. The molecule has 200 valence electrons. The number of hydrogen-bond acceptors (Lipinski definition) is 2. The van der Waals surface area contributed by atoms with Crippen LogP contribution in [0, 0.1) is 5.41 Å². The van der Waals surface area contributed by atoms with E-state index in [4.69, 9.17) is 5.41 Å². The van der Waals surface area contributed by atoms with Gasteiger partial charge in [0.25, 0.3) is 0 Å². The third-order valence-corrected chi connectivity index (χ3v) is 7.31. The highest BCUT2D eigenvalue weighted by Crippen LogP contribution is 2.36. The molecule has 0 aliphatic heterocycles. The van der Waals surface area contributed by atoms with Gasteiger partial charge in [-0.15, -0.1) is 0 Å². The van der Waals surface area contributed by atoms with Gasteiger partial charge < -0.3 is 10.7 Å². The van der Waals surface area contributed by atoms with Crippen LogP contribution in [0.15, 0.2) is 146 Å². The summed E-state index contributed by atoms with van der Waals surface area (Å²) in [5.74, 6) is 0. The lowest BCUT2D eigenvalue weighted by molar-refractivity contribution is 1.53. The molecular formula is C39H34N2. The predicted molar refractivity (Wildman–Crippen MR) is 180 cm³/mol. The van der Waals surface area contributed by atoms with E-state index >= 15 is 0 Å². The van der Waals surface area contributed by atoms with Gasteiger partial charge in [0, 0.05) is 22.9 Å². The molecule has 5 aromatic rings. The standard InChI is InChI=1S/C39H34N2/c1-4-29(36-18-12-13-19-37(36)31-14-8-6-9-15-31)21-20-28(3)35-24-23-33-26-32(30(5-2)27-40)22-25-38(33)39(35)41-34-16-10-7-11-17-34/h4-27,40-41H,3H2,1-2H3/b21-20-,29-4+,30-5+,40-27?. The molecule has 0 radical (unpaired) electrons. The summed E-state index contributed by atoms with van der Waals surface area (Å²) in [6.07, 6.45) is 9.79. The van der Waals surface area contributed by atoms with Crippen LogP contribution in [0.3, 0.4) is 0 Å². The van der Waals surface area contributed by atoms with E-state index in [9.17, 15) is 0 Å². The molecule has 0 aliphatic rings. The lowest BCUT2D eigenvalue weighted by Crippen LogP contribution is -1.97. The van der Waals surface area contributed by atoms with Gasteiger partial charge in [0.05, 0.1) is 5.69 Å². The van der Waals surface area contributed by atoms with Crippen LogP contribution in [0.4, 0.5) is 11.4 Å². The van der Waals surface area contributed by atoms with Crippen molar-refractivity contribution in [3.8, 4) is 11.1 Å². The van der Waals surface area contributed by atoms with Crippen LogP contribution < -0.4 is 5.32 Å². The molecule has 0 bridgehead atoms. The van der Waals surface area contributed by atoms with Crippen molar-refractivity contribution in [3.05, 3.63) is 163 Å². The predicted octanol–water partition coefficient (Wildman–Crippen LogP) is 11.0. The van der Waals surface area contributed by atoms with Crippen molar-refractivity contribution in [2.45, 2.75) is 13.8 Å². The number of anilines is 2. The molecule has 2 N–H and O–H groups in total. The maximum Gasteiger partial charge on any atom is 0.0543 e. The molecule has 41 heavy (non-hydrogen) atoms. The molecule has 0 saturated heterocycles. The fourth-order valence-electron chi connectivity index (χ4n) is 5.14. The van der Waals surface area contributed by atoms with Crippen LogP contribution in [-0.2, 0) is 0 Å². The largest absolute Gasteiger partial charge is 0.355 e. The summed E-state index contributed by atoms with van der Waals surface area (Å²) in [6.45, 7) is 8.53. The molecule has 0 spiro atoms. The van der Waals surface area contributed by atoms with E-state index in [1.165, 1.54) is 22.9 Å². The third-order valence-electron chi connectivity index (χ3n) is 7.31. The average molecular weight is 531 g/mol. The number of hydrogen-bond donors (Lipinski definition) is 2. The Morgan fingerprint density at radius 2 is 1.37 bits per heavy atom. The minimum absolute atomic E-state index is 0.899. The summed E-state index contributed by atoms with van der Waals surface area (Å²) in [5, 5.41) is 13.7. The van der Waals surface area contributed by atoms with Crippen LogP contribution in [-0.4, -0.2) is 6.21 Å². The summed E-state index contributed by atoms with van der Waals surface area (Å²) in [7, 11) is 0. The second-order valence-electron chi connectivity index (χ2n) is 9.82. The number of rotatable bonds is 9. The molecule has 0 aromatic heterocycles. The van der Waals surface area contributed by atoms with E-state index in [0.717, 1.165) is 50.0 Å². The normalized spacial score (nSPS) is 12.0. The first-order chi connectivity index (χ1) is 20.1. The van der Waals surface area contributed by atoms with Crippen molar-refractivity contribution in [2.24, 2.45) is 0 Å². The number of benzene rings is 5. The molecule has 0 atom stereocenters. The van der Waals surface area contributed by atoms with E-state index in [1.54, 1.807) is 0 Å². The summed E-state index contributed by atoms with van der Waals surface area (Å²) in [6, 6.07) is 39.9. The highest BCUT2D eigenvalue weighted by Gasteiger charge is 2.12.